The summed E-state index contributed by atoms with van der Waals surface area (Å²) in [5, 5.41) is 15.0. The van der Waals surface area contributed by atoms with Crippen LogP contribution in [0.2, 0.25) is 0 Å². The van der Waals surface area contributed by atoms with Crippen LogP contribution in [0.1, 0.15) is 29.9 Å². The first kappa shape index (κ1) is 17.0. The van der Waals surface area contributed by atoms with Crippen molar-refractivity contribution >= 4 is 5.97 Å². The fraction of sp³-hybridized carbons (Fsp3) is 0.467. The SMILES string of the molecule is CCOC(=O)Cn1nnnc1C(NCCN)c1cccc(C)c1. The molecule has 0 amide bonds. The smallest absolute Gasteiger partial charge is 0.327 e. The Balaban J connectivity index is 2.29. The van der Waals surface area contributed by atoms with Crippen molar-refractivity contribution in [3.63, 3.8) is 0 Å². The van der Waals surface area contributed by atoms with Gasteiger partial charge in [0.25, 0.3) is 0 Å². The first-order valence-electron chi connectivity index (χ1n) is 7.57. The topological polar surface area (TPSA) is 108 Å². The molecule has 0 spiro atoms. The molecule has 0 aliphatic rings. The number of benzene rings is 1. The van der Waals surface area contributed by atoms with E-state index in [1.165, 1.54) is 4.68 Å². The molecule has 0 bridgehead atoms. The number of nitrogens with one attached hydrogen (secondary N) is 1. The number of rotatable bonds is 8. The molecule has 1 atom stereocenters. The molecule has 0 aliphatic carbocycles. The summed E-state index contributed by atoms with van der Waals surface area (Å²) in [6, 6.07) is 7.79. The van der Waals surface area contributed by atoms with Crippen molar-refractivity contribution in [1.82, 2.24) is 25.5 Å². The van der Waals surface area contributed by atoms with Gasteiger partial charge in [-0.25, -0.2) is 4.68 Å². The van der Waals surface area contributed by atoms with Crippen molar-refractivity contribution < 1.29 is 9.53 Å². The molecule has 1 unspecified atom stereocenters. The Morgan fingerprint density at radius 3 is 3.00 bits per heavy atom. The number of tetrazole rings is 1. The van der Waals surface area contributed by atoms with Crippen molar-refractivity contribution in [2.75, 3.05) is 19.7 Å². The van der Waals surface area contributed by atoms with Gasteiger partial charge in [0.2, 0.25) is 0 Å². The van der Waals surface area contributed by atoms with Gasteiger partial charge in [-0.15, -0.1) is 5.10 Å². The van der Waals surface area contributed by atoms with Crippen LogP contribution in [0.4, 0.5) is 0 Å². The van der Waals surface area contributed by atoms with Gasteiger partial charge in [-0.2, -0.15) is 0 Å². The zero-order chi connectivity index (χ0) is 16.7. The predicted octanol–water partition coefficient (Wildman–Crippen LogP) is 0.182. The highest BCUT2D eigenvalue weighted by Crippen LogP contribution is 2.20. The summed E-state index contributed by atoms with van der Waals surface area (Å²) >= 11 is 0. The number of aryl methyl sites for hydroxylation is 1. The Labute approximate surface area is 135 Å². The largest absolute Gasteiger partial charge is 0.465 e. The monoisotopic (exact) mass is 318 g/mol. The van der Waals surface area contributed by atoms with Crippen molar-refractivity contribution in [2.45, 2.75) is 26.4 Å². The van der Waals surface area contributed by atoms with E-state index in [1.807, 2.05) is 25.1 Å². The van der Waals surface area contributed by atoms with E-state index >= 15 is 0 Å². The molecule has 0 saturated heterocycles. The second-order valence-corrected chi connectivity index (χ2v) is 5.09. The van der Waals surface area contributed by atoms with Crippen molar-refractivity contribution in [3.05, 3.63) is 41.2 Å². The Kier molecular flexibility index (Phi) is 6.19. The van der Waals surface area contributed by atoms with Gasteiger partial charge < -0.3 is 15.8 Å². The normalized spacial score (nSPS) is 12.1. The van der Waals surface area contributed by atoms with Crippen molar-refractivity contribution in [1.29, 1.82) is 0 Å². The summed E-state index contributed by atoms with van der Waals surface area (Å²) in [5.41, 5.74) is 7.74. The summed E-state index contributed by atoms with van der Waals surface area (Å²) in [5.74, 6) is 0.181. The fourth-order valence-electron chi connectivity index (χ4n) is 2.30. The number of nitrogens with zero attached hydrogens (tertiary/aromatic N) is 4. The number of ether oxygens (including phenoxy) is 1. The number of carbonyl (C=O) groups is 1. The minimum Gasteiger partial charge on any atom is -0.465 e. The Morgan fingerprint density at radius 2 is 2.30 bits per heavy atom. The number of aromatic nitrogens is 4. The van der Waals surface area contributed by atoms with Gasteiger partial charge >= 0.3 is 5.97 Å². The fourth-order valence-corrected chi connectivity index (χ4v) is 2.30. The lowest BCUT2D eigenvalue weighted by Crippen LogP contribution is -2.31. The molecule has 124 valence electrons. The average molecular weight is 318 g/mol. The Morgan fingerprint density at radius 1 is 1.48 bits per heavy atom. The highest BCUT2D eigenvalue weighted by molar-refractivity contribution is 5.69. The second kappa shape index (κ2) is 8.35. The van der Waals surface area contributed by atoms with E-state index in [0.717, 1.165) is 11.1 Å². The number of hydrogen-bond acceptors (Lipinski definition) is 7. The predicted molar refractivity (Wildman–Crippen MR) is 84.5 cm³/mol. The average Bonchev–Trinajstić information content (AvgIpc) is 2.96. The standard InChI is InChI=1S/C15H22N6O2/c1-3-23-13(22)10-21-15(18-19-20-21)14(17-8-7-16)12-6-4-5-11(2)9-12/h4-6,9,14,17H,3,7-8,10,16H2,1-2H3. The highest BCUT2D eigenvalue weighted by atomic mass is 16.5. The molecular formula is C15H22N6O2. The van der Waals surface area contributed by atoms with Crippen LogP contribution in [-0.2, 0) is 16.1 Å². The number of nitrogens with two attached hydrogens (primary N) is 1. The summed E-state index contributed by atoms with van der Waals surface area (Å²) in [6.45, 7) is 5.17. The summed E-state index contributed by atoms with van der Waals surface area (Å²) in [6.07, 6.45) is 0. The van der Waals surface area contributed by atoms with E-state index in [1.54, 1.807) is 6.92 Å². The van der Waals surface area contributed by atoms with E-state index in [4.69, 9.17) is 10.5 Å². The minimum absolute atomic E-state index is 0.0250. The van der Waals surface area contributed by atoms with Crippen LogP contribution in [-0.4, -0.2) is 45.9 Å². The second-order valence-electron chi connectivity index (χ2n) is 5.09. The van der Waals surface area contributed by atoms with Crippen molar-refractivity contribution in [3.8, 4) is 0 Å². The van der Waals surface area contributed by atoms with E-state index in [9.17, 15) is 4.79 Å². The molecule has 8 heteroatoms. The van der Waals surface area contributed by atoms with E-state index in [2.05, 4.69) is 26.9 Å². The molecule has 0 saturated carbocycles. The molecule has 1 aromatic carbocycles. The lowest BCUT2D eigenvalue weighted by atomic mass is 10.0. The van der Waals surface area contributed by atoms with Crippen LogP contribution in [0.3, 0.4) is 0 Å². The molecular weight excluding hydrogens is 296 g/mol. The maximum absolute atomic E-state index is 11.7. The van der Waals surface area contributed by atoms with Crippen LogP contribution in [0.5, 0.6) is 0 Å². The number of esters is 1. The van der Waals surface area contributed by atoms with Crippen LogP contribution >= 0.6 is 0 Å². The van der Waals surface area contributed by atoms with E-state index in [0.29, 0.717) is 25.5 Å². The first-order chi connectivity index (χ1) is 11.2. The molecule has 23 heavy (non-hydrogen) atoms. The molecule has 1 aromatic heterocycles. The maximum atomic E-state index is 11.7. The van der Waals surface area contributed by atoms with E-state index in [-0.39, 0.29) is 18.6 Å². The lowest BCUT2D eigenvalue weighted by molar-refractivity contribution is -0.144. The molecule has 0 aliphatic heterocycles. The first-order valence-corrected chi connectivity index (χ1v) is 7.57. The molecule has 8 nitrogen and oxygen atoms in total. The summed E-state index contributed by atoms with van der Waals surface area (Å²) in [4.78, 5) is 11.7. The molecule has 1 heterocycles. The van der Waals surface area contributed by atoms with Crippen molar-refractivity contribution in [2.24, 2.45) is 5.73 Å². The third-order valence-electron chi connectivity index (χ3n) is 3.27. The third kappa shape index (κ3) is 4.57. The lowest BCUT2D eigenvalue weighted by Gasteiger charge is -2.18. The number of carbonyl (C=O) groups excluding carboxylic acids is 1. The van der Waals surface area contributed by atoms with Crippen LogP contribution in [0, 0.1) is 6.92 Å². The molecule has 0 radical (unpaired) electrons. The Hall–Kier alpha value is -2.32. The van der Waals surface area contributed by atoms with E-state index < -0.39 is 0 Å². The van der Waals surface area contributed by atoms with Gasteiger partial charge in [-0.05, 0) is 29.8 Å². The van der Waals surface area contributed by atoms with Gasteiger partial charge in [0.05, 0.1) is 12.6 Å². The number of hydrogen-bond donors (Lipinski definition) is 2. The maximum Gasteiger partial charge on any atom is 0.327 e. The zero-order valence-electron chi connectivity index (χ0n) is 13.4. The molecule has 0 fully saturated rings. The highest BCUT2D eigenvalue weighted by Gasteiger charge is 2.22. The van der Waals surface area contributed by atoms with Crippen LogP contribution in [0.15, 0.2) is 24.3 Å². The van der Waals surface area contributed by atoms with Crippen LogP contribution < -0.4 is 11.1 Å². The molecule has 3 N–H and O–H groups in total. The van der Waals surface area contributed by atoms with Gasteiger partial charge in [0.15, 0.2) is 5.82 Å². The quantitative estimate of drug-likeness (QED) is 0.668. The Bertz CT molecular complexity index is 642. The van der Waals surface area contributed by atoms with Gasteiger partial charge in [0.1, 0.15) is 6.54 Å². The summed E-state index contributed by atoms with van der Waals surface area (Å²) < 4.78 is 6.41. The van der Waals surface area contributed by atoms with Gasteiger partial charge in [0, 0.05) is 13.1 Å². The molecule has 2 aromatic rings. The van der Waals surface area contributed by atoms with Crippen LogP contribution in [0.25, 0.3) is 0 Å². The van der Waals surface area contributed by atoms with Gasteiger partial charge in [-0.3, -0.25) is 4.79 Å². The molecule has 2 rings (SSSR count). The third-order valence-corrected chi connectivity index (χ3v) is 3.27. The minimum atomic E-state index is -0.372. The zero-order valence-corrected chi connectivity index (χ0v) is 13.4. The summed E-state index contributed by atoms with van der Waals surface area (Å²) in [7, 11) is 0. The van der Waals surface area contributed by atoms with Gasteiger partial charge in [-0.1, -0.05) is 29.8 Å².